The normalized spacial score (nSPS) is 13.4. The van der Waals surface area contributed by atoms with Crippen LogP contribution in [0.5, 0.6) is 0 Å². The van der Waals surface area contributed by atoms with Gasteiger partial charge in [0.05, 0.1) is 34.4 Å². The van der Waals surface area contributed by atoms with Gasteiger partial charge in [-0.05, 0) is 103 Å². The second-order valence-electron chi connectivity index (χ2n) is 23.0. The van der Waals surface area contributed by atoms with E-state index in [1.165, 1.54) is 135 Å². The van der Waals surface area contributed by atoms with Crippen molar-refractivity contribution in [2.24, 2.45) is 0 Å². The van der Waals surface area contributed by atoms with Gasteiger partial charge in [-0.15, -0.1) is 0 Å². The fourth-order valence-corrected chi connectivity index (χ4v) is 8.97. The van der Waals surface area contributed by atoms with E-state index in [1.807, 2.05) is 21.1 Å². The molecule has 0 saturated carbocycles. The molecule has 0 aliphatic carbocycles. The van der Waals surface area contributed by atoms with Crippen LogP contribution in [0.15, 0.2) is 109 Å². The molecule has 1 N–H and O–H groups in total. The highest BCUT2D eigenvalue weighted by Crippen LogP contribution is 2.16. The van der Waals surface area contributed by atoms with Crippen molar-refractivity contribution in [1.29, 1.82) is 0 Å². The Morgan fingerprint density at radius 1 is 0.383 bits per heavy atom. The minimum Gasteiger partial charge on any atom is -0.477 e. The molecule has 0 saturated heterocycles. The summed E-state index contributed by atoms with van der Waals surface area (Å²) in [7, 11) is 5.97. The summed E-state index contributed by atoms with van der Waals surface area (Å²) in [4.78, 5) is 37.5. The lowest BCUT2D eigenvalue weighted by Crippen LogP contribution is -2.40. The van der Waals surface area contributed by atoms with Crippen molar-refractivity contribution in [1.82, 2.24) is 0 Å². The fraction of sp³-hybridized carbons (Fsp3) is 0.708. The molecule has 0 aliphatic rings. The standard InChI is InChI=1S/C72H123NO8/c1-6-8-10-12-14-16-18-20-22-23-24-25-26-27-28-29-30-31-32-33-34-35-36-37-38-39-40-41-42-43-44-45-46-47-49-51-53-55-57-59-61-63-70(75)81-68(67-80-72(71(76)77)78-65-64-73(3,4)5)66-79-69(74)62-60-58-56-54-52-50-48-21-19-17-15-13-11-9-7-2/h8,10,14,16,20-22,24-25,27-28,30-31,33-34,36-37,48,68,72H,6-7,9,11-13,15,17-19,23,26,29,32,35,38-47,49-67H2,1-5H3/p+1/b10-8-,16-14-,22-20-,25-24-,28-27-,31-30-,34-33-,37-36-,48-21-. The summed E-state index contributed by atoms with van der Waals surface area (Å²) in [6.45, 7) is 4.76. The number of esters is 2. The van der Waals surface area contributed by atoms with E-state index < -0.39 is 24.3 Å². The summed E-state index contributed by atoms with van der Waals surface area (Å²) in [5.41, 5.74) is 0. The number of ether oxygens (including phenoxy) is 4. The number of carboxylic acids is 1. The molecule has 0 aromatic rings. The van der Waals surface area contributed by atoms with Crippen molar-refractivity contribution in [3.63, 3.8) is 0 Å². The summed E-state index contributed by atoms with van der Waals surface area (Å²) in [6.07, 6.45) is 83.4. The molecular weight excluding hydrogens is 1010 g/mol. The lowest BCUT2D eigenvalue weighted by molar-refractivity contribution is -0.870. The number of carbonyl (C=O) groups excluding carboxylic acids is 2. The van der Waals surface area contributed by atoms with Gasteiger partial charge in [0.15, 0.2) is 6.10 Å². The fourth-order valence-electron chi connectivity index (χ4n) is 8.97. The minimum absolute atomic E-state index is 0.184. The van der Waals surface area contributed by atoms with Gasteiger partial charge in [0, 0.05) is 12.8 Å². The number of quaternary nitrogens is 1. The highest BCUT2D eigenvalue weighted by molar-refractivity contribution is 5.71. The molecule has 0 fully saturated rings. The molecular formula is C72H124NO8+. The Morgan fingerprint density at radius 2 is 0.704 bits per heavy atom. The second kappa shape index (κ2) is 62.0. The maximum absolute atomic E-state index is 12.9. The van der Waals surface area contributed by atoms with Crippen LogP contribution >= 0.6 is 0 Å². The number of hydrogen-bond donors (Lipinski definition) is 1. The first-order valence-corrected chi connectivity index (χ1v) is 33.1. The Labute approximate surface area is 498 Å². The van der Waals surface area contributed by atoms with Crippen molar-refractivity contribution < 1.29 is 42.9 Å². The maximum atomic E-state index is 12.9. The molecule has 0 spiro atoms. The molecule has 464 valence electrons. The van der Waals surface area contributed by atoms with Crippen molar-refractivity contribution in [3.05, 3.63) is 109 Å². The average Bonchev–Trinajstić information content (AvgIpc) is 3.44. The SMILES string of the molecule is CC/C=C\C/C=C\C/C=C\C/C=C\C/C=C\C/C=C\C/C=C\C/C=C\CCCCCCCCCCCCCCCCCCC(=O)OC(COC(=O)CCCCCCC/C=C\CCCCCCCC)COC(OCC[N+](C)(C)C)C(=O)O. The Hall–Kier alpha value is -4.05. The van der Waals surface area contributed by atoms with E-state index in [2.05, 4.69) is 123 Å². The molecule has 2 atom stereocenters. The second-order valence-corrected chi connectivity index (χ2v) is 23.0. The monoisotopic (exact) mass is 1130 g/mol. The average molecular weight is 1130 g/mol. The zero-order valence-corrected chi connectivity index (χ0v) is 52.9. The van der Waals surface area contributed by atoms with Crippen LogP contribution in [0.3, 0.4) is 0 Å². The van der Waals surface area contributed by atoms with E-state index in [0.717, 1.165) is 109 Å². The number of allylic oxidation sites excluding steroid dienone is 18. The van der Waals surface area contributed by atoms with Crippen molar-refractivity contribution in [2.75, 3.05) is 47.5 Å². The molecule has 9 heteroatoms. The van der Waals surface area contributed by atoms with Crippen LogP contribution in [0.25, 0.3) is 0 Å². The van der Waals surface area contributed by atoms with Gasteiger partial charge in [0.2, 0.25) is 0 Å². The predicted molar refractivity (Wildman–Crippen MR) is 345 cm³/mol. The van der Waals surface area contributed by atoms with Gasteiger partial charge >= 0.3 is 17.9 Å². The Balaban J connectivity index is 4.04. The molecule has 0 aromatic heterocycles. The van der Waals surface area contributed by atoms with E-state index in [9.17, 15) is 19.5 Å². The molecule has 0 rings (SSSR count). The summed E-state index contributed by atoms with van der Waals surface area (Å²) in [5.74, 6) is -2.01. The number of likely N-dealkylation sites (N-methyl/N-ethyl adjacent to an activating group) is 1. The van der Waals surface area contributed by atoms with E-state index in [4.69, 9.17) is 18.9 Å². The largest absolute Gasteiger partial charge is 0.477 e. The molecule has 0 amide bonds. The number of rotatable bonds is 60. The zero-order chi connectivity index (χ0) is 59.1. The van der Waals surface area contributed by atoms with Gasteiger partial charge in [0.25, 0.3) is 6.29 Å². The highest BCUT2D eigenvalue weighted by atomic mass is 16.7. The summed E-state index contributed by atoms with van der Waals surface area (Å²) >= 11 is 0. The summed E-state index contributed by atoms with van der Waals surface area (Å²) in [6, 6.07) is 0. The Bertz CT molecular complexity index is 1700. The number of carboxylic acid groups (broad SMARTS) is 1. The molecule has 0 aliphatic heterocycles. The van der Waals surface area contributed by atoms with Crippen molar-refractivity contribution in [2.45, 2.75) is 283 Å². The van der Waals surface area contributed by atoms with Crippen LogP contribution < -0.4 is 0 Å². The number of nitrogens with zero attached hydrogens (tertiary/aromatic N) is 1. The van der Waals surface area contributed by atoms with Crippen LogP contribution in [0.2, 0.25) is 0 Å². The topological polar surface area (TPSA) is 108 Å². The van der Waals surface area contributed by atoms with E-state index in [-0.39, 0.29) is 32.2 Å². The third-order valence-electron chi connectivity index (χ3n) is 14.0. The van der Waals surface area contributed by atoms with E-state index >= 15 is 0 Å². The summed E-state index contributed by atoms with van der Waals surface area (Å²) in [5, 5.41) is 9.71. The number of unbranched alkanes of at least 4 members (excludes halogenated alkanes) is 27. The van der Waals surface area contributed by atoms with Crippen LogP contribution in [-0.4, -0.2) is 87.4 Å². The van der Waals surface area contributed by atoms with Gasteiger partial charge in [-0.2, -0.15) is 0 Å². The Morgan fingerprint density at radius 3 is 1.06 bits per heavy atom. The number of aliphatic carboxylic acids is 1. The first kappa shape index (κ1) is 77.0. The van der Waals surface area contributed by atoms with E-state index in [1.54, 1.807) is 0 Å². The zero-order valence-electron chi connectivity index (χ0n) is 52.9. The predicted octanol–water partition coefficient (Wildman–Crippen LogP) is 20.2. The molecule has 81 heavy (non-hydrogen) atoms. The minimum atomic E-state index is -1.51. The van der Waals surface area contributed by atoms with Gasteiger partial charge < -0.3 is 28.5 Å². The molecule has 0 aromatic carbocycles. The lowest BCUT2D eigenvalue weighted by Gasteiger charge is -2.25. The van der Waals surface area contributed by atoms with E-state index in [0.29, 0.717) is 17.4 Å². The third-order valence-corrected chi connectivity index (χ3v) is 14.0. The highest BCUT2D eigenvalue weighted by Gasteiger charge is 2.25. The first-order valence-electron chi connectivity index (χ1n) is 33.1. The van der Waals surface area contributed by atoms with Gasteiger partial charge in [-0.3, -0.25) is 9.59 Å². The molecule has 2 unspecified atom stereocenters. The summed E-state index contributed by atoms with van der Waals surface area (Å²) < 4.78 is 22.9. The smallest absolute Gasteiger partial charge is 0.361 e. The van der Waals surface area contributed by atoms with Crippen LogP contribution in [-0.2, 0) is 33.3 Å². The van der Waals surface area contributed by atoms with Gasteiger partial charge in [-0.1, -0.05) is 264 Å². The number of carbonyl (C=O) groups is 3. The van der Waals surface area contributed by atoms with Crippen LogP contribution in [0.4, 0.5) is 0 Å². The van der Waals surface area contributed by atoms with Crippen LogP contribution in [0, 0.1) is 0 Å². The van der Waals surface area contributed by atoms with Crippen molar-refractivity contribution in [3.8, 4) is 0 Å². The lowest BCUT2D eigenvalue weighted by atomic mass is 10.0. The first-order chi connectivity index (χ1) is 39.6. The van der Waals surface area contributed by atoms with Gasteiger partial charge in [0.1, 0.15) is 13.2 Å². The van der Waals surface area contributed by atoms with Gasteiger partial charge in [-0.25, -0.2) is 4.79 Å². The molecule has 0 heterocycles. The quantitative estimate of drug-likeness (QED) is 0.0211. The Kier molecular flexibility index (Phi) is 58.9. The third kappa shape index (κ3) is 63.4. The maximum Gasteiger partial charge on any atom is 0.361 e. The molecule has 0 radical (unpaired) electrons. The molecule has 9 nitrogen and oxygen atoms in total. The van der Waals surface area contributed by atoms with Crippen LogP contribution in [0.1, 0.15) is 271 Å². The van der Waals surface area contributed by atoms with Crippen molar-refractivity contribution >= 4 is 17.9 Å². The molecule has 0 bridgehead atoms. The number of hydrogen-bond acceptors (Lipinski definition) is 7.